The van der Waals surface area contributed by atoms with E-state index in [0.29, 0.717) is 0 Å². The van der Waals surface area contributed by atoms with Gasteiger partial charge in [0.05, 0.1) is 0 Å². The van der Waals surface area contributed by atoms with Crippen molar-refractivity contribution in [2.75, 3.05) is 0 Å². The van der Waals surface area contributed by atoms with Gasteiger partial charge in [-0.15, -0.1) is 11.3 Å². The van der Waals surface area contributed by atoms with E-state index >= 15 is 0 Å². The molecule has 0 aromatic carbocycles. The van der Waals surface area contributed by atoms with E-state index in [-0.39, 0.29) is 5.06 Å². The number of thiophene rings is 1. The Bertz CT molecular complexity index is 251. The molecule has 0 unspecified atom stereocenters. The maximum absolute atomic E-state index is 12.0. The van der Waals surface area contributed by atoms with E-state index in [9.17, 15) is 13.2 Å². The van der Waals surface area contributed by atoms with Crippen LogP contribution in [0.1, 0.15) is 0 Å². The van der Waals surface area contributed by atoms with Crippen LogP contribution in [-0.4, -0.2) is 0 Å². The summed E-state index contributed by atoms with van der Waals surface area (Å²) in [5.41, 5.74) is 0. The Balaban J connectivity index is 2.65. The van der Waals surface area contributed by atoms with E-state index in [1.54, 1.807) is 11.4 Å². The highest BCUT2D eigenvalue weighted by Crippen LogP contribution is 2.23. The van der Waals surface area contributed by atoms with Gasteiger partial charge in [0.2, 0.25) is 0 Å². The van der Waals surface area contributed by atoms with Crippen molar-refractivity contribution < 1.29 is 17.9 Å². The molecule has 0 atom stereocenters. The fourth-order valence-electron chi connectivity index (χ4n) is 0.448. The standard InChI is InChI=1S/C6H3F3OS/c7-5(8)6(9)10-4-2-1-3-11-4/h1-3H. The number of rotatable bonds is 2. The van der Waals surface area contributed by atoms with Gasteiger partial charge in [-0.25, -0.2) is 0 Å². The van der Waals surface area contributed by atoms with E-state index in [1.807, 2.05) is 0 Å². The van der Waals surface area contributed by atoms with E-state index in [2.05, 4.69) is 4.74 Å². The zero-order valence-electron chi connectivity index (χ0n) is 5.18. The molecule has 5 heteroatoms. The van der Waals surface area contributed by atoms with Gasteiger partial charge in [0.25, 0.3) is 0 Å². The Kier molecular flexibility index (Phi) is 2.53. The third-order valence-electron chi connectivity index (χ3n) is 0.834. The largest absolute Gasteiger partial charge is 0.417 e. The van der Waals surface area contributed by atoms with Crippen molar-refractivity contribution in [3.8, 4) is 5.06 Å². The van der Waals surface area contributed by atoms with Crippen molar-refractivity contribution in [2.45, 2.75) is 0 Å². The summed E-state index contributed by atoms with van der Waals surface area (Å²) in [6, 6.07) is 1.13. The molecule has 0 spiro atoms. The van der Waals surface area contributed by atoms with Gasteiger partial charge in [0.1, 0.15) is 0 Å². The normalized spacial score (nSPS) is 9.36. The third-order valence-corrected chi connectivity index (χ3v) is 1.58. The van der Waals surface area contributed by atoms with Gasteiger partial charge in [-0.2, -0.15) is 13.2 Å². The average molecular weight is 180 g/mol. The molecule has 0 radical (unpaired) electrons. The number of hydrogen-bond acceptors (Lipinski definition) is 2. The first-order chi connectivity index (χ1) is 5.20. The Hall–Kier alpha value is -0.970. The predicted molar refractivity (Wildman–Crippen MR) is 35.3 cm³/mol. The van der Waals surface area contributed by atoms with Gasteiger partial charge in [-0.1, -0.05) is 0 Å². The summed E-state index contributed by atoms with van der Waals surface area (Å²) in [4.78, 5) is 0. The van der Waals surface area contributed by atoms with Gasteiger partial charge < -0.3 is 4.74 Å². The summed E-state index contributed by atoms with van der Waals surface area (Å²) in [7, 11) is 0. The molecular weight excluding hydrogens is 177 g/mol. The van der Waals surface area contributed by atoms with Crippen LogP contribution in [0.15, 0.2) is 29.6 Å². The minimum Gasteiger partial charge on any atom is -0.417 e. The first-order valence-electron chi connectivity index (χ1n) is 2.62. The Morgan fingerprint density at radius 1 is 1.36 bits per heavy atom. The monoisotopic (exact) mass is 180 g/mol. The van der Waals surface area contributed by atoms with Crippen LogP contribution in [0.3, 0.4) is 0 Å². The van der Waals surface area contributed by atoms with Crippen molar-refractivity contribution in [1.82, 2.24) is 0 Å². The van der Waals surface area contributed by atoms with Crippen LogP contribution in [0.2, 0.25) is 0 Å². The van der Waals surface area contributed by atoms with Gasteiger partial charge in [-0.05, 0) is 17.5 Å². The molecule has 60 valence electrons. The van der Waals surface area contributed by atoms with Crippen molar-refractivity contribution in [2.24, 2.45) is 0 Å². The van der Waals surface area contributed by atoms with Crippen LogP contribution in [-0.2, 0) is 0 Å². The molecular formula is C6H3F3OS. The van der Waals surface area contributed by atoms with E-state index in [1.165, 1.54) is 6.07 Å². The van der Waals surface area contributed by atoms with Gasteiger partial charge in [0.15, 0.2) is 5.06 Å². The minimum atomic E-state index is -2.45. The van der Waals surface area contributed by atoms with E-state index < -0.39 is 12.1 Å². The van der Waals surface area contributed by atoms with Crippen LogP contribution < -0.4 is 4.74 Å². The second-order valence-corrected chi connectivity index (χ2v) is 2.48. The second-order valence-electron chi connectivity index (χ2n) is 1.57. The molecule has 1 nitrogen and oxygen atoms in total. The van der Waals surface area contributed by atoms with Crippen LogP contribution in [0.25, 0.3) is 0 Å². The molecule has 0 aliphatic rings. The first-order valence-corrected chi connectivity index (χ1v) is 3.50. The summed E-state index contributed by atoms with van der Waals surface area (Å²) in [5.74, 6) is 0. The molecule has 0 amide bonds. The highest BCUT2D eigenvalue weighted by molar-refractivity contribution is 7.11. The SMILES string of the molecule is FC(F)=C(F)Oc1cccs1. The molecule has 1 aromatic heterocycles. The molecule has 0 saturated heterocycles. The molecule has 0 aliphatic carbocycles. The minimum absolute atomic E-state index is 0.107. The predicted octanol–water partition coefficient (Wildman–Crippen LogP) is 3.16. The third kappa shape index (κ3) is 2.27. The summed E-state index contributed by atoms with van der Waals surface area (Å²) in [6.45, 7) is 0. The Morgan fingerprint density at radius 3 is 2.55 bits per heavy atom. The molecule has 0 aliphatic heterocycles. The second kappa shape index (κ2) is 3.43. The number of halogens is 3. The highest BCUT2D eigenvalue weighted by atomic mass is 32.1. The molecule has 0 N–H and O–H groups in total. The van der Waals surface area contributed by atoms with Gasteiger partial charge >= 0.3 is 12.1 Å². The lowest BCUT2D eigenvalue weighted by Crippen LogP contribution is -1.86. The smallest absolute Gasteiger partial charge is 0.345 e. The maximum atomic E-state index is 12.0. The lowest BCUT2D eigenvalue weighted by molar-refractivity contribution is 0.246. The van der Waals surface area contributed by atoms with Crippen molar-refractivity contribution in [3.05, 3.63) is 29.6 Å². The van der Waals surface area contributed by atoms with Gasteiger partial charge in [-0.3, -0.25) is 0 Å². The first kappa shape index (κ1) is 8.13. The maximum Gasteiger partial charge on any atom is 0.345 e. The zero-order chi connectivity index (χ0) is 8.27. The molecule has 0 saturated carbocycles. The number of hydrogen-bond donors (Lipinski definition) is 0. The van der Waals surface area contributed by atoms with Crippen LogP contribution >= 0.6 is 11.3 Å². The van der Waals surface area contributed by atoms with Crippen molar-refractivity contribution >= 4 is 11.3 Å². The summed E-state index contributed by atoms with van der Waals surface area (Å²) in [5, 5.41) is 1.70. The zero-order valence-corrected chi connectivity index (χ0v) is 6.00. The van der Waals surface area contributed by atoms with Crippen LogP contribution in [0, 0.1) is 0 Å². The Morgan fingerprint density at radius 2 is 2.09 bits per heavy atom. The highest BCUT2D eigenvalue weighted by Gasteiger charge is 2.07. The summed E-state index contributed by atoms with van der Waals surface area (Å²) >= 11 is 1.04. The van der Waals surface area contributed by atoms with Gasteiger partial charge in [0, 0.05) is 0 Å². The van der Waals surface area contributed by atoms with Crippen molar-refractivity contribution in [3.63, 3.8) is 0 Å². The molecule has 11 heavy (non-hydrogen) atoms. The topological polar surface area (TPSA) is 9.23 Å². The molecule has 0 bridgehead atoms. The van der Waals surface area contributed by atoms with E-state index in [4.69, 9.17) is 0 Å². The quantitative estimate of drug-likeness (QED) is 0.635. The van der Waals surface area contributed by atoms with Crippen LogP contribution in [0.5, 0.6) is 5.06 Å². The fraction of sp³-hybridized carbons (Fsp3) is 0. The number of ether oxygens (including phenoxy) is 1. The molecule has 1 aromatic rings. The summed E-state index contributed by atoms with van der Waals surface area (Å²) < 4.78 is 38.9. The lowest BCUT2D eigenvalue weighted by atomic mass is 10.6. The molecule has 1 heterocycles. The summed E-state index contributed by atoms with van der Waals surface area (Å²) in [6.07, 6.45) is -2.45. The van der Waals surface area contributed by atoms with Crippen LogP contribution in [0.4, 0.5) is 13.2 Å². The van der Waals surface area contributed by atoms with E-state index in [0.717, 1.165) is 11.3 Å². The Labute approximate surface area is 64.7 Å². The molecule has 0 fully saturated rings. The fourth-order valence-corrected chi connectivity index (χ4v) is 1.02. The molecule has 1 rings (SSSR count). The lowest BCUT2D eigenvalue weighted by Gasteiger charge is -1.94. The average Bonchev–Trinajstić information content (AvgIpc) is 2.39. The van der Waals surface area contributed by atoms with Crippen molar-refractivity contribution in [1.29, 1.82) is 0 Å².